The van der Waals surface area contributed by atoms with Crippen LogP contribution in [0.1, 0.15) is 30.4 Å². The van der Waals surface area contributed by atoms with Crippen molar-refractivity contribution in [2.24, 2.45) is 16.8 Å². The Morgan fingerprint density at radius 2 is 2.35 bits per heavy atom. The van der Waals surface area contributed by atoms with E-state index in [1.54, 1.807) is 7.11 Å². The molecule has 2 bridgehead atoms. The molecule has 1 aliphatic heterocycles. The molecule has 0 aromatic heterocycles. The number of nitrogens with zero attached hydrogens (tertiary/aromatic N) is 2. The van der Waals surface area contributed by atoms with Crippen LogP contribution in [0.2, 0.25) is 0 Å². The molecular weight excluding hydrogens is 254 g/mol. The van der Waals surface area contributed by atoms with Crippen LogP contribution in [0.3, 0.4) is 0 Å². The maximum Gasteiger partial charge on any atom is 0.173 e. The second-order valence-corrected chi connectivity index (χ2v) is 5.78. The van der Waals surface area contributed by atoms with E-state index in [-0.39, 0.29) is 5.84 Å². The Labute approximate surface area is 119 Å². The van der Waals surface area contributed by atoms with Gasteiger partial charge in [0.05, 0.1) is 12.7 Å². The van der Waals surface area contributed by atoms with Crippen LogP contribution >= 0.6 is 0 Å². The predicted octanol–water partition coefficient (Wildman–Crippen LogP) is 1.77. The Morgan fingerprint density at radius 1 is 1.50 bits per heavy atom. The molecule has 5 nitrogen and oxygen atoms in total. The number of methoxy groups -OCH3 is 1. The fourth-order valence-corrected chi connectivity index (χ4v) is 3.55. The van der Waals surface area contributed by atoms with Gasteiger partial charge >= 0.3 is 0 Å². The molecular formula is C15H21N3O2. The summed E-state index contributed by atoms with van der Waals surface area (Å²) in [5, 5.41) is 11.8. The Balaban J connectivity index is 1.77. The van der Waals surface area contributed by atoms with Gasteiger partial charge in [-0.3, -0.25) is 4.90 Å². The number of hydrogen-bond acceptors (Lipinski definition) is 4. The second kappa shape index (κ2) is 5.32. The minimum Gasteiger partial charge on any atom is -0.496 e. The van der Waals surface area contributed by atoms with Gasteiger partial charge in [-0.2, -0.15) is 0 Å². The summed E-state index contributed by atoms with van der Waals surface area (Å²) in [6, 6.07) is 6.63. The molecule has 1 aliphatic carbocycles. The van der Waals surface area contributed by atoms with E-state index < -0.39 is 0 Å². The van der Waals surface area contributed by atoms with E-state index in [1.165, 1.54) is 31.4 Å². The average molecular weight is 275 g/mol. The molecule has 5 heteroatoms. The minimum atomic E-state index is 0.0774. The Hall–Kier alpha value is -1.75. The predicted molar refractivity (Wildman–Crippen MR) is 77.0 cm³/mol. The van der Waals surface area contributed by atoms with Crippen molar-refractivity contribution in [3.63, 3.8) is 0 Å². The number of amidine groups is 1. The van der Waals surface area contributed by atoms with E-state index in [4.69, 9.17) is 15.7 Å². The molecule has 3 N–H and O–H groups in total. The van der Waals surface area contributed by atoms with Crippen LogP contribution in [0.15, 0.2) is 23.4 Å². The highest BCUT2D eigenvalue weighted by atomic mass is 16.5. The zero-order valence-electron chi connectivity index (χ0n) is 11.7. The Kier molecular flexibility index (Phi) is 3.53. The van der Waals surface area contributed by atoms with E-state index in [9.17, 15) is 0 Å². The van der Waals surface area contributed by atoms with E-state index in [1.807, 2.05) is 18.2 Å². The largest absolute Gasteiger partial charge is 0.496 e. The number of benzene rings is 1. The first-order valence-electron chi connectivity index (χ1n) is 7.10. The highest BCUT2D eigenvalue weighted by molar-refractivity contribution is 5.99. The molecule has 1 heterocycles. The first-order valence-corrected chi connectivity index (χ1v) is 7.10. The van der Waals surface area contributed by atoms with E-state index >= 15 is 0 Å². The number of nitrogens with two attached hydrogens (primary N) is 1. The number of fused-ring (bicyclic) bond motifs is 2. The lowest BCUT2D eigenvalue weighted by molar-refractivity contribution is 0.205. The lowest BCUT2D eigenvalue weighted by atomic mass is 10.1. The van der Waals surface area contributed by atoms with Gasteiger partial charge in [0.1, 0.15) is 5.75 Å². The lowest BCUT2D eigenvalue weighted by Crippen LogP contribution is -2.31. The standard InChI is InChI=1S/C15H21N3O2/c1-20-14-7-11(3-5-13(14)15(16)17-19)9-18-8-10-2-4-12(18)6-10/h3,5,7,10,12,19H,2,4,6,8-9H2,1H3,(H2,16,17). The van der Waals surface area contributed by atoms with Crippen molar-refractivity contribution in [1.82, 2.24) is 4.90 Å². The van der Waals surface area contributed by atoms with Crippen LogP contribution in [-0.4, -0.2) is 35.6 Å². The summed E-state index contributed by atoms with van der Waals surface area (Å²) in [6.07, 6.45) is 4.09. The van der Waals surface area contributed by atoms with E-state index in [2.05, 4.69) is 10.1 Å². The van der Waals surface area contributed by atoms with Gasteiger partial charge in [0.15, 0.2) is 5.84 Å². The summed E-state index contributed by atoms with van der Waals surface area (Å²) >= 11 is 0. The molecule has 0 spiro atoms. The van der Waals surface area contributed by atoms with Gasteiger partial charge < -0.3 is 15.7 Å². The van der Waals surface area contributed by atoms with Crippen LogP contribution in [0.4, 0.5) is 0 Å². The van der Waals surface area contributed by atoms with E-state index in [0.29, 0.717) is 11.3 Å². The van der Waals surface area contributed by atoms with E-state index in [0.717, 1.165) is 18.5 Å². The molecule has 1 saturated heterocycles. The first-order chi connectivity index (χ1) is 9.71. The fourth-order valence-electron chi connectivity index (χ4n) is 3.55. The SMILES string of the molecule is COc1cc(CN2CC3CCC2C3)ccc1/C(N)=N/O. The van der Waals surface area contributed by atoms with Gasteiger partial charge in [-0.05, 0) is 42.9 Å². The van der Waals surface area contributed by atoms with Crippen molar-refractivity contribution in [2.75, 3.05) is 13.7 Å². The van der Waals surface area contributed by atoms with Crippen molar-refractivity contribution in [3.8, 4) is 5.75 Å². The molecule has 1 saturated carbocycles. The highest BCUT2D eigenvalue weighted by Crippen LogP contribution is 2.38. The molecule has 20 heavy (non-hydrogen) atoms. The number of ether oxygens (including phenoxy) is 1. The van der Waals surface area contributed by atoms with Crippen molar-refractivity contribution in [3.05, 3.63) is 29.3 Å². The zero-order chi connectivity index (χ0) is 14.1. The third kappa shape index (κ3) is 2.33. The van der Waals surface area contributed by atoms with Gasteiger partial charge in [0, 0.05) is 19.1 Å². The van der Waals surface area contributed by atoms with Crippen LogP contribution in [0, 0.1) is 5.92 Å². The molecule has 1 aromatic carbocycles. The summed E-state index contributed by atoms with van der Waals surface area (Å²) in [5.74, 6) is 1.63. The molecule has 2 atom stereocenters. The summed E-state index contributed by atoms with van der Waals surface area (Å²) in [5.41, 5.74) is 7.48. The quantitative estimate of drug-likeness (QED) is 0.380. The van der Waals surface area contributed by atoms with Crippen LogP contribution in [0.5, 0.6) is 5.75 Å². The molecule has 0 amide bonds. The lowest BCUT2D eigenvalue weighted by Gasteiger charge is -2.27. The maximum absolute atomic E-state index is 8.78. The van der Waals surface area contributed by atoms with Crippen LogP contribution < -0.4 is 10.5 Å². The van der Waals surface area contributed by atoms with Crippen molar-refractivity contribution in [2.45, 2.75) is 31.8 Å². The molecule has 2 aliphatic rings. The highest BCUT2D eigenvalue weighted by Gasteiger charge is 2.37. The maximum atomic E-state index is 8.78. The number of rotatable bonds is 4. The zero-order valence-corrected chi connectivity index (χ0v) is 11.7. The molecule has 108 valence electrons. The first kappa shape index (κ1) is 13.2. The van der Waals surface area contributed by atoms with Crippen LogP contribution in [0.25, 0.3) is 0 Å². The number of oxime groups is 1. The Bertz CT molecular complexity index is 530. The smallest absolute Gasteiger partial charge is 0.173 e. The number of hydrogen-bond donors (Lipinski definition) is 2. The summed E-state index contributed by atoms with van der Waals surface area (Å²) in [7, 11) is 1.60. The van der Waals surface area contributed by atoms with Crippen molar-refractivity contribution in [1.29, 1.82) is 0 Å². The summed E-state index contributed by atoms with van der Waals surface area (Å²) < 4.78 is 5.34. The topological polar surface area (TPSA) is 71.1 Å². The fraction of sp³-hybridized carbons (Fsp3) is 0.533. The van der Waals surface area contributed by atoms with Crippen molar-refractivity contribution >= 4 is 5.84 Å². The average Bonchev–Trinajstić information content (AvgIpc) is 3.09. The van der Waals surface area contributed by atoms with Gasteiger partial charge in [0.25, 0.3) is 0 Å². The summed E-state index contributed by atoms with van der Waals surface area (Å²) in [6.45, 7) is 2.17. The van der Waals surface area contributed by atoms with Gasteiger partial charge in [-0.1, -0.05) is 11.2 Å². The van der Waals surface area contributed by atoms with Crippen molar-refractivity contribution < 1.29 is 9.94 Å². The van der Waals surface area contributed by atoms with Gasteiger partial charge in [0.2, 0.25) is 0 Å². The molecule has 0 radical (unpaired) electrons. The van der Waals surface area contributed by atoms with Gasteiger partial charge in [-0.25, -0.2) is 0 Å². The summed E-state index contributed by atoms with van der Waals surface area (Å²) in [4.78, 5) is 2.56. The van der Waals surface area contributed by atoms with Gasteiger partial charge in [-0.15, -0.1) is 0 Å². The second-order valence-electron chi connectivity index (χ2n) is 5.78. The third-order valence-corrected chi connectivity index (χ3v) is 4.56. The molecule has 1 aromatic rings. The number of piperidine rings is 1. The number of likely N-dealkylation sites (tertiary alicyclic amines) is 1. The molecule has 2 unspecified atom stereocenters. The Morgan fingerprint density at radius 3 is 2.95 bits per heavy atom. The minimum absolute atomic E-state index is 0.0774. The van der Waals surface area contributed by atoms with Crippen LogP contribution in [-0.2, 0) is 6.54 Å². The molecule has 2 fully saturated rings. The third-order valence-electron chi connectivity index (χ3n) is 4.56. The molecule has 3 rings (SSSR count). The monoisotopic (exact) mass is 275 g/mol. The normalized spacial score (nSPS) is 26.1.